The second kappa shape index (κ2) is 6.39. The predicted molar refractivity (Wildman–Crippen MR) is 70.2 cm³/mol. The number of carboxylic acid groups (broad SMARTS) is 1. The summed E-state index contributed by atoms with van der Waals surface area (Å²) >= 11 is 0. The highest BCUT2D eigenvalue weighted by Gasteiger charge is 2.46. The molecular weight excluding hydrogens is 214 g/mol. The van der Waals surface area contributed by atoms with E-state index in [2.05, 4.69) is 25.7 Å². The quantitative estimate of drug-likeness (QED) is 0.744. The summed E-state index contributed by atoms with van der Waals surface area (Å²) < 4.78 is 0. The van der Waals surface area contributed by atoms with Gasteiger partial charge in [0.25, 0.3) is 0 Å². The van der Waals surface area contributed by atoms with Gasteiger partial charge in [-0.05, 0) is 38.1 Å². The summed E-state index contributed by atoms with van der Waals surface area (Å²) in [4.78, 5) is 13.9. The highest BCUT2D eigenvalue weighted by molar-refractivity contribution is 5.79. The van der Waals surface area contributed by atoms with Gasteiger partial charge in [-0.3, -0.25) is 9.69 Å². The number of likely N-dealkylation sites (tertiary alicyclic amines) is 1. The zero-order chi connectivity index (χ0) is 12.9. The van der Waals surface area contributed by atoms with Crippen LogP contribution in [0.1, 0.15) is 59.3 Å². The Labute approximate surface area is 105 Å². The molecule has 1 saturated heterocycles. The van der Waals surface area contributed by atoms with Crippen molar-refractivity contribution in [2.75, 3.05) is 13.1 Å². The van der Waals surface area contributed by atoms with Crippen molar-refractivity contribution in [1.29, 1.82) is 0 Å². The zero-order valence-corrected chi connectivity index (χ0v) is 11.5. The molecule has 0 aromatic heterocycles. The number of carboxylic acids is 1. The molecule has 0 saturated carbocycles. The Bertz CT molecular complexity index is 255. The van der Waals surface area contributed by atoms with Crippen LogP contribution in [0.2, 0.25) is 0 Å². The summed E-state index contributed by atoms with van der Waals surface area (Å²) in [5.74, 6) is -0.00534. The van der Waals surface area contributed by atoms with Gasteiger partial charge in [-0.15, -0.1) is 0 Å². The van der Waals surface area contributed by atoms with Gasteiger partial charge in [0.2, 0.25) is 0 Å². The third-order valence-corrected chi connectivity index (χ3v) is 4.00. The summed E-state index contributed by atoms with van der Waals surface area (Å²) in [6, 6.07) is 0. The van der Waals surface area contributed by atoms with E-state index < -0.39 is 11.5 Å². The minimum absolute atomic E-state index is 0.559. The molecule has 0 aliphatic carbocycles. The molecule has 17 heavy (non-hydrogen) atoms. The fourth-order valence-corrected chi connectivity index (χ4v) is 3.21. The first-order chi connectivity index (χ1) is 8.06. The average molecular weight is 241 g/mol. The standard InChI is InChI=1S/C14H27NO2/c1-4-7-12(3)11-15-10-6-9-14(15,8-5-2)13(16)17/h12H,4-11H2,1-3H3,(H,16,17). The van der Waals surface area contributed by atoms with E-state index in [0.717, 1.165) is 38.8 Å². The lowest BCUT2D eigenvalue weighted by Crippen LogP contribution is -2.51. The molecule has 3 nitrogen and oxygen atoms in total. The monoisotopic (exact) mass is 241 g/mol. The van der Waals surface area contributed by atoms with E-state index >= 15 is 0 Å². The van der Waals surface area contributed by atoms with Gasteiger partial charge in [-0.1, -0.05) is 33.6 Å². The molecule has 0 spiro atoms. The number of hydrogen-bond acceptors (Lipinski definition) is 2. The smallest absolute Gasteiger partial charge is 0.324 e. The van der Waals surface area contributed by atoms with E-state index in [4.69, 9.17) is 0 Å². The minimum Gasteiger partial charge on any atom is -0.480 e. The SMILES string of the molecule is CCCC(C)CN1CCCC1(CCC)C(=O)O. The highest BCUT2D eigenvalue weighted by Crippen LogP contribution is 2.34. The molecule has 0 radical (unpaired) electrons. The van der Waals surface area contributed by atoms with Crippen LogP contribution in [0.5, 0.6) is 0 Å². The summed E-state index contributed by atoms with van der Waals surface area (Å²) in [5, 5.41) is 9.57. The summed E-state index contributed by atoms with van der Waals surface area (Å²) in [6.45, 7) is 8.41. The maximum absolute atomic E-state index is 11.6. The van der Waals surface area contributed by atoms with Crippen LogP contribution < -0.4 is 0 Å². The second-order valence-electron chi connectivity index (χ2n) is 5.53. The summed E-state index contributed by atoms with van der Waals surface area (Å²) in [7, 11) is 0. The minimum atomic E-state index is -0.611. The van der Waals surface area contributed by atoms with Gasteiger partial charge < -0.3 is 5.11 Å². The van der Waals surface area contributed by atoms with Crippen LogP contribution in [-0.4, -0.2) is 34.6 Å². The van der Waals surface area contributed by atoms with Gasteiger partial charge in [-0.2, -0.15) is 0 Å². The fourth-order valence-electron chi connectivity index (χ4n) is 3.21. The Kier molecular flexibility index (Phi) is 5.44. The van der Waals surface area contributed by atoms with Crippen molar-refractivity contribution < 1.29 is 9.90 Å². The van der Waals surface area contributed by atoms with Crippen molar-refractivity contribution in [3.63, 3.8) is 0 Å². The first kappa shape index (κ1) is 14.5. The Balaban J connectivity index is 2.71. The normalized spacial score (nSPS) is 27.2. The van der Waals surface area contributed by atoms with Crippen LogP contribution in [0, 0.1) is 5.92 Å². The van der Waals surface area contributed by atoms with Gasteiger partial charge in [0.1, 0.15) is 5.54 Å². The van der Waals surface area contributed by atoms with Crippen LogP contribution >= 0.6 is 0 Å². The maximum Gasteiger partial charge on any atom is 0.324 e. The van der Waals surface area contributed by atoms with E-state index in [9.17, 15) is 9.90 Å². The molecular formula is C14H27NO2. The number of rotatable bonds is 7. The van der Waals surface area contributed by atoms with Crippen molar-refractivity contribution in [1.82, 2.24) is 4.90 Å². The van der Waals surface area contributed by atoms with Crippen molar-refractivity contribution in [3.05, 3.63) is 0 Å². The van der Waals surface area contributed by atoms with Crippen LogP contribution in [0.3, 0.4) is 0 Å². The van der Waals surface area contributed by atoms with Gasteiger partial charge in [0.05, 0.1) is 0 Å². The average Bonchev–Trinajstić information content (AvgIpc) is 2.63. The molecule has 1 aliphatic rings. The van der Waals surface area contributed by atoms with Crippen molar-refractivity contribution in [3.8, 4) is 0 Å². The van der Waals surface area contributed by atoms with Crippen molar-refractivity contribution in [2.45, 2.75) is 64.8 Å². The largest absolute Gasteiger partial charge is 0.480 e. The lowest BCUT2D eigenvalue weighted by molar-refractivity contribution is -0.150. The van der Waals surface area contributed by atoms with Gasteiger partial charge in [0.15, 0.2) is 0 Å². The maximum atomic E-state index is 11.6. The summed E-state index contributed by atoms with van der Waals surface area (Å²) in [5.41, 5.74) is -0.559. The predicted octanol–water partition coefficient (Wildman–Crippen LogP) is 3.14. The topological polar surface area (TPSA) is 40.5 Å². The number of hydrogen-bond donors (Lipinski definition) is 1. The lowest BCUT2D eigenvalue weighted by Gasteiger charge is -2.36. The second-order valence-corrected chi connectivity index (χ2v) is 5.53. The Hall–Kier alpha value is -0.570. The van der Waals surface area contributed by atoms with E-state index in [1.165, 1.54) is 12.8 Å². The molecule has 0 amide bonds. The van der Waals surface area contributed by atoms with Crippen LogP contribution in [0.15, 0.2) is 0 Å². The molecule has 0 bridgehead atoms. The summed E-state index contributed by atoms with van der Waals surface area (Å²) in [6.07, 6.45) is 5.98. The van der Waals surface area contributed by atoms with Crippen LogP contribution in [0.4, 0.5) is 0 Å². The molecule has 2 atom stereocenters. The van der Waals surface area contributed by atoms with Crippen LogP contribution in [0.25, 0.3) is 0 Å². The van der Waals surface area contributed by atoms with Gasteiger partial charge >= 0.3 is 5.97 Å². The molecule has 0 aromatic rings. The first-order valence-electron chi connectivity index (χ1n) is 7.05. The molecule has 1 rings (SSSR count). The van der Waals surface area contributed by atoms with Gasteiger partial charge in [-0.25, -0.2) is 0 Å². The lowest BCUT2D eigenvalue weighted by atomic mass is 9.89. The van der Waals surface area contributed by atoms with Gasteiger partial charge in [0, 0.05) is 6.54 Å². The van der Waals surface area contributed by atoms with Crippen molar-refractivity contribution >= 4 is 5.97 Å². The Morgan fingerprint density at radius 1 is 1.41 bits per heavy atom. The molecule has 3 heteroatoms. The van der Waals surface area contributed by atoms with Crippen molar-refractivity contribution in [2.24, 2.45) is 5.92 Å². The molecule has 1 N–H and O–H groups in total. The van der Waals surface area contributed by atoms with Crippen LogP contribution in [-0.2, 0) is 4.79 Å². The molecule has 1 heterocycles. The van der Waals surface area contributed by atoms with E-state index in [1.54, 1.807) is 0 Å². The van der Waals surface area contributed by atoms with E-state index in [-0.39, 0.29) is 0 Å². The Morgan fingerprint density at radius 3 is 2.65 bits per heavy atom. The third kappa shape index (κ3) is 3.21. The van der Waals surface area contributed by atoms with E-state index in [0.29, 0.717) is 5.92 Å². The first-order valence-corrected chi connectivity index (χ1v) is 7.05. The highest BCUT2D eigenvalue weighted by atomic mass is 16.4. The molecule has 0 aromatic carbocycles. The molecule has 1 aliphatic heterocycles. The number of nitrogens with zero attached hydrogens (tertiary/aromatic N) is 1. The van der Waals surface area contributed by atoms with E-state index in [1.807, 2.05) is 0 Å². The third-order valence-electron chi connectivity index (χ3n) is 4.00. The molecule has 2 unspecified atom stereocenters. The zero-order valence-electron chi connectivity index (χ0n) is 11.5. The molecule has 1 fully saturated rings. The Morgan fingerprint density at radius 2 is 2.12 bits per heavy atom. The fraction of sp³-hybridized carbons (Fsp3) is 0.929. The molecule has 100 valence electrons. The number of carbonyl (C=O) groups is 1. The number of aliphatic carboxylic acids is 1.